The summed E-state index contributed by atoms with van der Waals surface area (Å²) in [6, 6.07) is 118. The van der Waals surface area contributed by atoms with Crippen LogP contribution in [0.5, 0.6) is 0 Å². The second-order valence-corrected chi connectivity index (χ2v) is 37.2. The fraction of sp³-hybridized carbons (Fsp3) is 0.192. The third-order valence-electron chi connectivity index (χ3n) is 23.7. The molecule has 110 heavy (non-hydrogen) atoms. The van der Waals surface area contributed by atoms with E-state index in [0.717, 1.165) is 78.8 Å². The highest BCUT2D eigenvalue weighted by atomic mass is 32.2. The molecule has 0 N–H and O–H groups in total. The highest BCUT2D eigenvalue weighted by Crippen LogP contribution is 2.56. The van der Waals surface area contributed by atoms with Gasteiger partial charge in [-0.3, -0.25) is 0 Å². The Kier molecular flexibility index (Phi) is 16.9. The number of para-hydroxylation sites is 2. The molecule has 4 heterocycles. The van der Waals surface area contributed by atoms with Crippen molar-refractivity contribution in [3.63, 3.8) is 0 Å². The maximum Gasteiger partial charge on any atom is 0.252 e. The zero-order valence-corrected chi connectivity index (χ0v) is 67.1. The summed E-state index contributed by atoms with van der Waals surface area (Å²) < 4.78 is 0. The van der Waals surface area contributed by atoms with Crippen LogP contribution >= 0.6 is 11.8 Å². The second-order valence-electron chi connectivity index (χ2n) is 36.1. The van der Waals surface area contributed by atoms with Crippen molar-refractivity contribution in [1.82, 2.24) is 0 Å². The predicted octanol–water partition coefficient (Wildman–Crippen LogP) is 25.0. The minimum absolute atomic E-state index is 0.00936. The number of fused-ring (bicyclic) bond motifs is 8. The summed E-state index contributed by atoms with van der Waals surface area (Å²) in [5, 5.41) is 0. The van der Waals surface area contributed by atoms with E-state index in [2.05, 4.69) is 422 Å². The van der Waals surface area contributed by atoms with Gasteiger partial charge in [0.15, 0.2) is 0 Å². The van der Waals surface area contributed by atoms with Gasteiger partial charge in [0.05, 0.1) is 11.4 Å². The molecule has 14 aromatic carbocycles. The third kappa shape index (κ3) is 12.2. The molecule has 538 valence electrons. The topological polar surface area (TPSA) is 9.72 Å². The third-order valence-corrected chi connectivity index (χ3v) is 24.8. The van der Waals surface area contributed by atoms with Crippen LogP contribution in [0.2, 0.25) is 0 Å². The Balaban J connectivity index is 1.02. The molecule has 0 saturated heterocycles. The zero-order valence-electron chi connectivity index (χ0n) is 66.3. The van der Waals surface area contributed by atoms with Gasteiger partial charge in [-0.15, -0.1) is 0 Å². The van der Waals surface area contributed by atoms with Crippen LogP contribution in [-0.4, -0.2) is 13.4 Å². The normalized spacial score (nSPS) is 13.6. The van der Waals surface area contributed by atoms with Crippen molar-refractivity contribution in [2.45, 2.75) is 141 Å². The average molecular weight is 1440 g/mol. The first-order valence-electron chi connectivity index (χ1n) is 39.4. The number of anilines is 9. The van der Waals surface area contributed by atoms with Gasteiger partial charge in [-0.25, -0.2) is 0 Å². The van der Waals surface area contributed by atoms with Gasteiger partial charge in [0.2, 0.25) is 6.71 Å². The molecule has 14 aromatic rings. The number of hydrogen-bond donors (Lipinski definition) is 0. The molecule has 0 bridgehead atoms. The lowest BCUT2D eigenvalue weighted by Crippen LogP contribution is -2.65. The Morgan fingerprint density at radius 2 is 0.555 bits per heavy atom. The van der Waals surface area contributed by atoms with Gasteiger partial charge in [-0.2, -0.15) is 0 Å². The van der Waals surface area contributed by atoms with Crippen LogP contribution in [0.15, 0.2) is 313 Å². The second kappa shape index (κ2) is 26.3. The molecule has 0 unspecified atom stereocenters. The van der Waals surface area contributed by atoms with Crippen LogP contribution in [0, 0.1) is 0 Å². The summed E-state index contributed by atoms with van der Waals surface area (Å²) in [7, 11) is 0. The average Bonchev–Trinajstić information content (AvgIpc) is 0.681. The lowest BCUT2D eigenvalue weighted by molar-refractivity contribution is 0.589. The molecule has 0 aliphatic carbocycles. The van der Waals surface area contributed by atoms with Crippen LogP contribution in [0.1, 0.15) is 132 Å². The van der Waals surface area contributed by atoms with Crippen LogP contribution in [-0.2, 0) is 27.1 Å². The number of hydrogen-bond acceptors (Lipinski definition) is 4. The van der Waals surface area contributed by atoms with Crippen LogP contribution in [0.4, 0.5) is 51.2 Å². The van der Waals surface area contributed by atoms with E-state index in [4.69, 9.17) is 0 Å². The molecule has 0 spiro atoms. The molecule has 0 fully saturated rings. The van der Waals surface area contributed by atoms with Crippen molar-refractivity contribution in [2.75, 3.05) is 14.7 Å². The lowest BCUT2D eigenvalue weighted by Gasteiger charge is -2.47. The van der Waals surface area contributed by atoms with Crippen molar-refractivity contribution in [3.05, 3.63) is 331 Å². The molecule has 0 aromatic heterocycles. The van der Waals surface area contributed by atoms with Gasteiger partial charge in [-0.05, 0) is 181 Å². The van der Waals surface area contributed by atoms with E-state index in [1.807, 2.05) is 11.8 Å². The van der Waals surface area contributed by atoms with Gasteiger partial charge in [0.25, 0.3) is 6.71 Å². The number of rotatable bonds is 9. The summed E-state index contributed by atoms with van der Waals surface area (Å²) in [6.45, 7) is 34.7. The van der Waals surface area contributed by atoms with E-state index in [0.29, 0.717) is 0 Å². The Hall–Kier alpha value is -11.0. The first-order chi connectivity index (χ1) is 52.7. The summed E-state index contributed by atoms with van der Waals surface area (Å²) in [4.78, 5) is 10.7. The maximum absolute atomic E-state index is 2.74. The Morgan fingerprint density at radius 1 is 0.218 bits per heavy atom. The smallest absolute Gasteiger partial charge is 0.252 e. The fourth-order valence-electron chi connectivity index (χ4n) is 17.7. The minimum Gasteiger partial charge on any atom is -0.311 e. The standard InChI is InChI=1S/C104H95B2N3S/c1-100(2,3)74-46-42-66(43-47-74)72-58-91-96-92(59-72)108(98-80(68-30-20-16-21-31-68)38-28-39-81(98)69-32-22-17-23-33-69)88-62-77(103(10,11)12)52-56-84(88)105(96)86-64-87-90(65-89(86)107(91)79-54-50-76(51-55-79)102(7,8)9)109(99-82(70-34-24-18-25-35-70)40-29-41-83(99)71-36-26-19-27-37-71)93-60-73(67-44-48-75(49-45-67)101(4,5)6)61-95-97(93)106(87)85-57-53-78(104(13,14)15)63-94(85)110-95/h16-65H,1-15H3. The van der Waals surface area contributed by atoms with Gasteiger partial charge >= 0.3 is 0 Å². The molecule has 4 aliphatic rings. The van der Waals surface area contributed by atoms with Crippen molar-refractivity contribution in [3.8, 4) is 66.8 Å². The summed E-state index contributed by atoms with van der Waals surface area (Å²) in [5.41, 5.74) is 38.3. The van der Waals surface area contributed by atoms with Crippen molar-refractivity contribution in [2.24, 2.45) is 0 Å². The first kappa shape index (κ1) is 70.6. The molecule has 0 amide bonds. The van der Waals surface area contributed by atoms with Gasteiger partial charge in [0, 0.05) is 71.9 Å². The van der Waals surface area contributed by atoms with E-state index in [9.17, 15) is 0 Å². The van der Waals surface area contributed by atoms with E-state index in [1.54, 1.807) is 0 Å². The van der Waals surface area contributed by atoms with Crippen molar-refractivity contribution in [1.29, 1.82) is 0 Å². The molecular weight excluding hydrogens is 1340 g/mol. The van der Waals surface area contributed by atoms with Crippen LogP contribution < -0.4 is 47.5 Å². The summed E-state index contributed by atoms with van der Waals surface area (Å²) in [5.74, 6) is 0. The SMILES string of the molecule is CC(C)(C)c1ccc(-c2cc3c4c(c2)N(c2c(-c5ccccc5)cccc2-c2ccccc2)c2cc5c(cc2B4c2ccc(C(C)(C)C)cc2S3)B2c3ccc(C(C)(C)C)cc3N(c3c(-c4ccccc4)cccc3-c3ccccc3)c3cc(-c4ccc(C(C)(C)C)cc4)cc(c32)N5c2ccc(C(C)(C)C)cc2)cc1. The van der Waals surface area contributed by atoms with E-state index >= 15 is 0 Å². The van der Waals surface area contributed by atoms with Crippen molar-refractivity contribution >= 4 is 109 Å². The molecule has 18 rings (SSSR count). The Bertz CT molecular complexity index is 5820. The number of nitrogens with zero attached hydrogens (tertiary/aromatic N) is 3. The zero-order chi connectivity index (χ0) is 76.1. The van der Waals surface area contributed by atoms with E-state index in [-0.39, 0.29) is 40.5 Å². The molecule has 0 atom stereocenters. The maximum atomic E-state index is 2.74. The van der Waals surface area contributed by atoms with E-state index in [1.165, 1.54) is 110 Å². The summed E-state index contributed by atoms with van der Waals surface area (Å²) >= 11 is 1.96. The predicted molar refractivity (Wildman–Crippen MR) is 476 cm³/mol. The molecule has 4 aliphatic heterocycles. The Morgan fingerprint density at radius 3 is 0.973 bits per heavy atom. The molecule has 0 radical (unpaired) electrons. The molecule has 0 saturated carbocycles. The molecule has 6 heteroatoms. The van der Waals surface area contributed by atoms with Crippen LogP contribution in [0.3, 0.4) is 0 Å². The van der Waals surface area contributed by atoms with E-state index < -0.39 is 0 Å². The summed E-state index contributed by atoms with van der Waals surface area (Å²) in [6.07, 6.45) is 0. The highest BCUT2D eigenvalue weighted by molar-refractivity contribution is 8.00. The van der Waals surface area contributed by atoms with Crippen LogP contribution in [0.25, 0.3) is 66.8 Å². The van der Waals surface area contributed by atoms with Crippen molar-refractivity contribution < 1.29 is 0 Å². The van der Waals surface area contributed by atoms with Gasteiger partial charge in [-0.1, -0.05) is 370 Å². The Labute approximate surface area is 657 Å². The largest absolute Gasteiger partial charge is 0.311 e. The first-order valence-corrected chi connectivity index (χ1v) is 40.3. The number of benzene rings is 14. The molecule has 3 nitrogen and oxygen atoms in total. The van der Waals surface area contributed by atoms with Gasteiger partial charge < -0.3 is 14.7 Å². The fourth-order valence-corrected chi connectivity index (χ4v) is 18.9. The quantitative estimate of drug-likeness (QED) is 0.133. The monoisotopic (exact) mass is 1440 g/mol. The molecular formula is C104H95B2N3S. The lowest BCUT2D eigenvalue weighted by atomic mass is 9.30. The minimum atomic E-state index is -0.239. The van der Waals surface area contributed by atoms with Gasteiger partial charge in [0.1, 0.15) is 0 Å². The highest BCUT2D eigenvalue weighted by Gasteiger charge is 2.49.